The molecule has 0 saturated heterocycles. The van der Waals surface area contributed by atoms with E-state index < -0.39 is 0 Å². The number of fused-ring (bicyclic) bond motifs is 1. The van der Waals surface area contributed by atoms with E-state index in [1.165, 1.54) is 5.57 Å². The number of halogens is 2. The van der Waals surface area contributed by atoms with E-state index in [-0.39, 0.29) is 17.8 Å². The van der Waals surface area contributed by atoms with E-state index in [9.17, 15) is 0 Å². The molecule has 88 valence electrons. The molecule has 2 rings (SSSR count). The molecule has 0 radical (unpaired) electrons. The van der Waals surface area contributed by atoms with Gasteiger partial charge in [0.05, 0.1) is 5.71 Å². The van der Waals surface area contributed by atoms with Crippen molar-refractivity contribution in [2.45, 2.75) is 26.7 Å². The van der Waals surface area contributed by atoms with Crippen LogP contribution >= 0.6 is 23.2 Å². The molecule has 0 heterocycles. The highest BCUT2D eigenvalue weighted by Gasteiger charge is 2.43. The number of hydrogen-bond donors (Lipinski definition) is 1. The lowest BCUT2D eigenvalue weighted by Gasteiger charge is -2.22. The molecule has 0 bridgehead atoms. The van der Waals surface area contributed by atoms with Crippen molar-refractivity contribution in [2.75, 3.05) is 0 Å². The van der Waals surface area contributed by atoms with Gasteiger partial charge >= 0.3 is 0 Å². The molecule has 1 saturated carbocycles. The lowest BCUT2D eigenvalue weighted by Crippen LogP contribution is -2.22. The van der Waals surface area contributed by atoms with Crippen molar-refractivity contribution in [3.05, 3.63) is 21.7 Å². The van der Waals surface area contributed by atoms with Gasteiger partial charge in [-0.15, -0.1) is 0 Å². The van der Waals surface area contributed by atoms with E-state index in [0.717, 1.165) is 24.1 Å². The summed E-state index contributed by atoms with van der Waals surface area (Å²) in [4.78, 5) is 0. The van der Waals surface area contributed by atoms with Gasteiger partial charge in [0.15, 0.2) is 0 Å². The van der Waals surface area contributed by atoms with Gasteiger partial charge in [0.25, 0.3) is 0 Å². The van der Waals surface area contributed by atoms with Crippen LogP contribution in [0.1, 0.15) is 26.7 Å². The Morgan fingerprint density at radius 2 is 2.12 bits per heavy atom. The van der Waals surface area contributed by atoms with Crippen LogP contribution in [0.25, 0.3) is 0 Å². The molecule has 2 aliphatic rings. The van der Waals surface area contributed by atoms with E-state index in [0.29, 0.717) is 4.49 Å². The molecule has 0 amide bonds. The molecule has 4 heteroatoms. The second-order valence-electron chi connectivity index (χ2n) is 4.54. The van der Waals surface area contributed by atoms with Crippen LogP contribution in [0.15, 0.2) is 26.9 Å². The SMILES string of the molecule is C[C@H]1C2=CCC/C(=N\O)C2[C@@H](C)C1=C(Cl)Cl. The maximum Gasteiger partial charge on any atom is 0.106 e. The van der Waals surface area contributed by atoms with Gasteiger partial charge in [0, 0.05) is 11.8 Å². The van der Waals surface area contributed by atoms with Crippen LogP contribution in [0.4, 0.5) is 0 Å². The molecule has 0 aromatic carbocycles. The number of rotatable bonds is 0. The molecule has 0 spiro atoms. The zero-order valence-electron chi connectivity index (χ0n) is 9.37. The number of hydrogen-bond acceptors (Lipinski definition) is 2. The Hall–Kier alpha value is -0.470. The maximum absolute atomic E-state index is 9.05. The molecule has 0 aromatic rings. The minimum Gasteiger partial charge on any atom is -0.411 e. The Kier molecular flexibility index (Phi) is 3.32. The van der Waals surface area contributed by atoms with Crippen LogP contribution in [0.2, 0.25) is 0 Å². The van der Waals surface area contributed by atoms with Gasteiger partial charge in [-0.3, -0.25) is 0 Å². The molecule has 1 N–H and O–H groups in total. The molecular weight excluding hydrogens is 245 g/mol. The Morgan fingerprint density at radius 3 is 2.69 bits per heavy atom. The standard InChI is InChI=1S/C12H15Cl2NO/c1-6-8-4-3-5-9(15-16)11(8)7(2)10(6)12(13)14/h4,6-7,11,16H,3,5H2,1-2H3/b15-9+/t6-,7-,11?/m0/s1. The third-order valence-electron chi connectivity index (χ3n) is 3.80. The molecule has 2 nitrogen and oxygen atoms in total. The minimum atomic E-state index is 0.191. The van der Waals surface area contributed by atoms with Gasteiger partial charge in [-0.2, -0.15) is 0 Å². The fourth-order valence-corrected chi connectivity index (χ4v) is 3.76. The summed E-state index contributed by atoms with van der Waals surface area (Å²) in [6, 6.07) is 0. The Labute approximate surface area is 106 Å². The van der Waals surface area contributed by atoms with Gasteiger partial charge in [0.2, 0.25) is 0 Å². The van der Waals surface area contributed by atoms with Crippen molar-refractivity contribution >= 4 is 28.9 Å². The fraction of sp³-hybridized carbons (Fsp3) is 0.583. The second kappa shape index (κ2) is 4.42. The molecular formula is C12H15Cl2NO. The molecule has 1 unspecified atom stereocenters. The summed E-state index contributed by atoms with van der Waals surface area (Å²) < 4.78 is 0.368. The smallest absolute Gasteiger partial charge is 0.106 e. The summed E-state index contributed by atoms with van der Waals surface area (Å²) in [5.41, 5.74) is 3.24. The van der Waals surface area contributed by atoms with Crippen molar-refractivity contribution in [3.63, 3.8) is 0 Å². The second-order valence-corrected chi connectivity index (χ2v) is 5.49. The Bertz CT molecular complexity index is 394. The Balaban J connectivity index is 2.49. The van der Waals surface area contributed by atoms with E-state index in [1.807, 2.05) is 0 Å². The van der Waals surface area contributed by atoms with E-state index in [1.54, 1.807) is 0 Å². The summed E-state index contributed by atoms with van der Waals surface area (Å²) in [7, 11) is 0. The highest BCUT2D eigenvalue weighted by molar-refractivity contribution is 6.56. The summed E-state index contributed by atoms with van der Waals surface area (Å²) in [5, 5.41) is 12.5. The summed E-state index contributed by atoms with van der Waals surface area (Å²) >= 11 is 11.9. The third kappa shape index (κ3) is 1.68. The zero-order chi connectivity index (χ0) is 11.9. The minimum absolute atomic E-state index is 0.191. The van der Waals surface area contributed by atoms with Gasteiger partial charge in [-0.1, -0.05) is 53.9 Å². The molecule has 0 aliphatic heterocycles. The first-order valence-electron chi connectivity index (χ1n) is 5.53. The van der Waals surface area contributed by atoms with Crippen LogP contribution < -0.4 is 0 Å². The molecule has 3 atom stereocenters. The van der Waals surface area contributed by atoms with Crippen LogP contribution in [-0.4, -0.2) is 10.9 Å². The van der Waals surface area contributed by atoms with Crippen molar-refractivity contribution in [1.29, 1.82) is 0 Å². The van der Waals surface area contributed by atoms with E-state index in [4.69, 9.17) is 28.4 Å². The average molecular weight is 260 g/mol. The highest BCUT2D eigenvalue weighted by Crippen LogP contribution is 2.50. The normalized spacial score (nSPS) is 36.2. The first-order valence-corrected chi connectivity index (χ1v) is 6.29. The van der Waals surface area contributed by atoms with Gasteiger partial charge < -0.3 is 5.21 Å². The van der Waals surface area contributed by atoms with Gasteiger partial charge in [0.1, 0.15) is 4.49 Å². The van der Waals surface area contributed by atoms with Crippen molar-refractivity contribution in [1.82, 2.24) is 0 Å². The Morgan fingerprint density at radius 1 is 1.44 bits per heavy atom. The zero-order valence-corrected chi connectivity index (χ0v) is 10.9. The largest absolute Gasteiger partial charge is 0.411 e. The predicted molar refractivity (Wildman–Crippen MR) is 67.1 cm³/mol. The van der Waals surface area contributed by atoms with Crippen LogP contribution in [0, 0.1) is 17.8 Å². The van der Waals surface area contributed by atoms with Crippen LogP contribution in [0.5, 0.6) is 0 Å². The topological polar surface area (TPSA) is 32.6 Å². The average Bonchev–Trinajstić information content (AvgIpc) is 2.51. The molecule has 1 fully saturated rings. The highest BCUT2D eigenvalue weighted by atomic mass is 35.5. The van der Waals surface area contributed by atoms with Crippen LogP contribution in [0.3, 0.4) is 0 Å². The maximum atomic E-state index is 9.05. The monoisotopic (exact) mass is 259 g/mol. The van der Waals surface area contributed by atoms with Gasteiger partial charge in [-0.25, -0.2) is 0 Å². The molecule has 2 aliphatic carbocycles. The number of oxime groups is 1. The molecule has 0 aromatic heterocycles. The predicted octanol–water partition coefficient (Wildman–Crippen LogP) is 4.13. The lowest BCUT2D eigenvalue weighted by molar-refractivity contribution is 0.312. The number of allylic oxidation sites excluding steroid dienone is 3. The quantitative estimate of drug-likeness (QED) is 0.396. The lowest BCUT2D eigenvalue weighted by atomic mass is 9.82. The van der Waals surface area contributed by atoms with Crippen LogP contribution in [-0.2, 0) is 0 Å². The van der Waals surface area contributed by atoms with Crippen molar-refractivity contribution in [2.24, 2.45) is 22.9 Å². The van der Waals surface area contributed by atoms with Gasteiger partial charge in [-0.05, 0) is 24.3 Å². The fourth-order valence-electron chi connectivity index (χ4n) is 3.09. The first-order chi connectivity index (χ1) is 7.57. The van der Waals surface area contributed by atoms with Crippen molar-refractivity contribution in [3.8, 4) is 0 Å². The first kappa shape index (κ1) is 12.0. The van der Waals surface area contributed by atoms with E-state index in [2.05, 4.69) is 25.1 Å². The summed E-state index contributed by atoms with van der Waals surface area (Å²) in [5.74, 6) is 0.691. The molecule has 16 heavy (non-hydrogen) atoms. The summed E-state index contributed by atoms with van der Waals surface area (Å²) in [6.07, 6.45) is 4.01. The van der Waals surface area contributed by atoms with Crippen molar-refractivity contribution < 1.29 is 5.21 Å². The summed E-state index contributed by atoms with van der Waals surface area (Å²) in [6.45, 7) is 4.21. The number of nitrogens with zero attached hydrogens (tertiary/aromatic N) is 1. The van der Waals surface area contributed by atoms with E-state index >= 15 is 0 Å². The third-order valence-corrected chi connectivity index (χ3v) is 4.24.